The van der Waals surface area contributed by atoms with Crippen LogP contribution in [0.2, 0.25) is 0 Å². The molecule has 1 aromatic carbocycles. The smallest absolute Gasteiger partial charge is 0.280 e. The van der Waals surface area contributed by atoms with Crippen molar-refractivity contribution >= 4 is 22.6 Å². The minimum Gasteiger partial charge on any atom is -0.316 e. The van der Waals surface area contributed by atoms with E-state index in [0.717, 1.165) is 25.1 Å². The Balaban J connectivity index is 0.00000242. The van der Waals surface area contributed by atoms with Crippen LogP contribution in [-0.2, 0) is 16.8 Å². The van der Waals surface area contributed by atoms with Crippen molar-refractivity contribution in [3.05, 3.63) is 35.9 Å². The van der Waals surface area contributed by atoms with E-state index >= 15 is 0 Å². The molecular weight excluding hydrogens is 322 g/mol. The summed E-state index contributed by atoms with van der Waals surface area (Å²) in [6, 6.07) is 9.71. The van der Waals surface area contributed by atoms with E-state index < -0.39 is 10.2 Å². The third-order valence-corrected chi connectivity index (χ3v) is 5.65. The predicted molar refractivity (Wildman–Crippen MR) is 92.3 cm³/mol. The first-order valence-corrected chi connectivity index (χ1v) is 8.99. The first kappa shape index (κ1) is 19.4. The number of hydrogen-bond donors (Lipinski definition) is 2. The molecule has 0 radical (unpaired) electrons. The number of halogens is 1. The van der Waals surface area contributed by atoms with Gasteiger partial charge in [-0.15, -0.1) is 12.4 Å². The van der Waals surface area contributed by atoms with E-state index in [0.29, 0.717) is 19.0 Å². The fraction of sp³-hybridized carbons (Fsp3) is 0.600. The summed E-state index contributed by atoms with van der Waals surface area (Å²) in [4.78, 5) is 0. The quantitative estimate of drug-likeness (QED) is 0.824. The Morgan fingerprint density at radius 1 is 1.32 bits per heavy atom. The normalized spacial score (nSPS) is 22.3. The first-order valence-electron chi connectivity index (χ1n) is 7.55. The molecule has 1 fully saturated rings. The maximum absolute atomic E-state index is 12.6. The molecule has 0 aromatic heterocycles. The Hall–Kier alpha value is -0.660. The molecule has 2 unspecified atom stereocenters. The summed E-state index contributed by atoms with van der Waals surface area (Å²) >= 11 is 0. The molecule has 126 valence electrons. The molecular formula is C15H26ClN3O2S. The van der Waals surface area contributed by atoms with Crippen LogP contribution in [0.4, 0.5) is 0 Å². The molecule has 1 aliphatic heterocycles. The lowest BCUT2D eigenvalue weighted by molar-refractivity contribution is 0.316. The zero-order valence-corrected chi connectivity index (χ0v) is 14.8. The zero-order chi connectivity index (χ0) is 15.3. The summed E-state index contributed by atoms with van der Waals surface area (Å²) in [6.45, 7) is 6.54. The van der Waals surface area contributed by atoms with Gasteiger partial charge in [0.25, 0.3) is 10.2 Å². The predicted octanol–water partition coefficient (Wildman–Crippen LogP) is 1.76. The Labute approximate surface area is 140 Å². The minimum absolute atomic E-state index is 0. The van der Waals surface area contributed by atoms with Crippen molar-refractivity contribution in [1.82, 2.24) is 14.3 Å². The molecule has 5 nitrogen and oxygen atoms in total. The van der Waals surface area contributed by atoms with Gasteiger partial charge in [-0.25, -0.2) is 0 Å². The Bertz CT molecular complexity index is 539. The molecule has 0 bridgehead atoms. The Morgan fingerprint density at radius 3 is 2.59 bits per heavy atom. The van der Waals surface area contributed by atoms with Gasteiger partial charge in [-0.1, -0.05) is 44.2 Å². The van der Waals surface area contributed by atoms with E-state index in [9.17, 15) is 8.42 Å². The van der Waals surface area contributed by atoms with Crippen molar-refractivity contribution in [2.45, 2.75) is 32.9 Å². The second-order valence-corrected chi connectivity index (χ2v) is 7.31. The molecule has 1 heterocycles. The average molecular weight is 348 g/mol. The number of nitrogens with zero attached hydrogens (tertiary/aromatic N) is 1. The summed E-state index contributed by atoms with van der Waals surface area (Å²) in [5.74, 6) is 0.309. The van der Waals surface area contributed by atoms with Gasteiger partial charge in [0.2, 0.25) is 0 Å². The zero-order valence-electron chi connectivity index (χ0n) is 13.2. The average Bonchev–Trinajstić information content (AvgIpc) is 2.48. The summed E-state index contributed by atoms with van der Waals surface area (Å²) in [6.07, 6.45) is 0.837. The highest BCUT2D eigenvalue weighted by Gasteiger charge is 2.28. The van der Waals surface area contributed by atoms with Crippen LogP contribution in [0, 0.1) is 5.92 Å². The Morgan fingerprint density at radius 2 is 2.00 bits per heavy atom. The molecule has 2 rings (SSSR count). The lowest BCUT2D eigenvalue weighted by Crippen LogP contribution is -2.52. The third-order valence-electron chi connectivity index (χ3n) is 3.98. The second-order valence-electron chi connectivity index (χ2n) is 5.61. The molecule has 1 saturated heterocycles. The SMILES string of the molecule is CCN(Cc1ccccc1)S(=O)(=O)NC1CCNCC1C.Cl. The molecule has 0 amide bonds. The van der Waals surface area contributed by atoms with E-state index in [1.807, 2.05) is 37.3 Å². The van der Waals surface area contributed by atoms with Gasteiger partial charge in [-0.05, 0) is 31.0 Å². The summed E-state index contributed by atoms with van der Waals surface area (Å²) in [5, 5.41) is 3.28. The number of piperidine rings is 1. The topological polar surface area (TPSA) is 61.4 Å². The number of hydrogen-bond acceptors (Lipinski definition) is 3. The monoisotopic (exact) mass is 347 g/mol. The van der Waals surface area contributed by atoms with Crippen LogP contribution < -0.4 is 10.0 Å². The van der Waals surface area contributed by atoms with Crippen LogP contribution >= 0.6 is 12.4 Å². The van der Waals surface area contributed by atoms with Gasteiger partial charge < -0.3 is 5.32 Å². The molecule has 2 atom stereocenters. The third kappa shape index (κ3) is 5.21. The van der Waals surface area contributed by atoms with E-state index in [1.54, 1.807) is 0 Å². The fourth-order valence-electron chi connectivity index (χ4n) is 2.61. The largest absolute Gasteiger partial charge is 0.316 e. The van der Waals surface area contributed by atoms with Crippen molar-refractivity contribution < 1.29 is 8.42 Å². The van der Waals surface area contributed by atoms with Gasteiger partial charge >= 0.3 is 0 Å². The van der Waals surface area contributed by atoms with E-state index in [-0.39, 0.29) is 18.4 Å². The highest BCUT2D eigenvalue weighted by molar-refractivity contribution is 7.87. The highest BCUT2D eigenvalue weighted by Crippen LogP contribution is 2.14. The van der Waals surface area contributed by atoms with Gasteiger partial charge in [0.15, 0.2) is 0 Å². The van der Waals surface area contributed by atoms with Crippen LogP contribution in [0.25, 0.3) is 0 Å². The van der Waals surface area contributed by atoms with Crippen LogP contribution in [0.15, 0.2) is 30.3 Å². The van der Waals surface area contributed by atoms with Crippen molar-refractivity contribution in [3.8, 4) is 0 Å². The lowest BCUT2D eigenvalue weighted by Gasteiger charge is -2.32. The van der Waals surface area contributed by atoms with Gasteiger partial charge in [0.05, 0.1) is 0 Å². The summed E-state index contributed by atoms with van der Waals surface area (Å²) < 4.78 is 29.5. The molecule has 0 saturated carbocycles. The molecule has 0 spiro atoms. The van der Waals surface area contributed by atoms with Crippen LogP contribution in [0.1, 0.15) is 25.8 Å². The lowest BCUT2D eigenvalue weighted by atomic mass is 9.97. The van der Waals surface area contributed by atoms with Crippen LogP contribution in [0.5, 0.6) is 0 Å². The summed E-state index contributed by atoms with van der Waals surface area (Å²) in [7, 11) is -3.45. The molecule has 1 aliphatic rings. The highest BCUT2D eigenvalue weighted by atomic mass is 35.5. The molecule has 0 aliphatic carbocycles. The molecule has 7 heteroatoms. The van der Waals surface area contributed by atoms with Gasteiger partial charge in [0.1, 0.15) is 0 Å². The van der Waals surface area contributed by atoms with Gasteiger partial charge in [-0.3, -0.25) is 0 Å². The molecule has 2 N–H and O–H groups in total. The van der Waals surface area contributed by atoms with Crippen molar-refractivity contribution in [2.75, 3.05) is 19.6 Å². The maximum atomic E-state index is 12.6. The molecule has 1 aromatic rings. The van der Waals surface area contributed by atoms with Crippen molar-refractivity contribution in [1.29, 1.82) is 0 Å². The minimum atomic E-state index is -3.45. The molecule has 22 heavy (non-hydrogen) atoms. The first-order chi connectivity index (χ1) is 10.0. The van der Waals surface area contributed by atoms with E-state index in [4.69, 9.17) is 0 Å². The van der Waals surface area contributed by atoms with Crippen LogP contribution in [0.3, 0.4) is 0 Å². The van der Waals surface area contributed by atoms with Crippen molar-refractivity contribution in [3.63, 3.8) is 0 Å². The van der Waals surface area contributed by atoms with Gasteiger partial charge in [0, 0.05) is 19.1 Å². The maximum Gasteiger partial charge on any atom is 0.280 e. The van der Waals surface area contributed by atoms with Gasteiger partial charge in [-0.2, -0.15) is 17.4 Å². The number of rotatable bonds is 6. The second kappa shape index (κ2) is 8.84. The number of benzene rings is 1. The number of nitrogens with one attached hydrogen (secondary N) is 2. The van der Waals surface area contributed by atoms with Crippen LogP contribution in [-0.4, -0.2) is 38.4 Å². The fourth-order valence-corrected chi connectivity index (χ4v) is 4.15. The Kier molecular flexibility index (Phi) is 7.79. The summed E-state index contributed by atoms with van der Waals surface area (Å²) in [5.41, 5.74) is 1.00. The van der Waals surface area contributed by atoms with E-state index in [2.05, 4.69) is 17.0 Å². The standard InChI is InChI=1S/C15H25N3O2S.ClH/c1-3-18(12-14-7-5-4-6-8-14)21(19,20)17-15-9-10-16-11-13(15)2;/h4-8,13,15-17H,3,9-12H2,1-2H3;1H. The van der Waals surface area contributed by atoms with Crippen molar-refractivity contribution in [2.24, 2.45) is 5.92 Å². The van der Waals surface area contributed by atoms with E-state index in [1.165, 1.54) is 4.31 Å².